The molecule has 1 fully saturated rings. The summed E-state index contributed by atoms with van der Waals surface area (Å²) in [6.07, 6.45) is 8.08. The van der Waals surface area contributed by atoms with E-state index in [4.69, 9.17) is 5.11 Å². The maximum atomic E-state index is 11.8. The fraction of sp³-hybridized carbons (Fsp3) is 0.857. The van der Waals surface area contributed by atoms with E-state index in [1.165, 1.54) is 32.1 Å². The van der Waals surface area contributed by atoms with Crippen molar-refractivity contribution in [3.8, 4) is 0 Å². The highest BCUT2D eigenvalue weighted by atomic mass is 16.4. The minimum absolute atomic E-state index is 0.0536. The highest BCUT2D eigenvalue weighted by Crippen LogP contribution is 2.28. The maximum absolute atomic E-state index is 11.8. The molecule has 0 radical (unpaired) electrons. The summed E-state index contributed by atoms with van der Waals surface area (Å²) in [6, 6.07) is 0. The van der Waals surface area contributed by atoms with Crippen molar-refractivity contribution in [1.82, 2.24) is 5.32 Å². The van der Waals surface area contributed by atoms with E-state index < -0.39 is 5.97 Å². The monoisotopic (exact) mass is 255 g/mol. The van der Waals surface area contributed by atoms with Crippen LogP contribution in [0.2, 0.25) is 0 Å². The van der Waals surface area contributed by atoms with Crippen LogP contribution < -0.4 is 5.32 Å². The molecular weight excluding hydrogens is 230 g/mol. The first-order chi connectivity index (χ1) is 8.59. The van der Waals surface area contributed by atoms with Gasteiger partial charge in [0.05, 0.1) is 0 Å². The van der Waals surface area contributed by atoms with Gasteiger partial charge in [-0.3, -0.25) is 9.59 Å². The summed E-state index contributed by atoms with van der Waals surface area (Å²) >= 11 is 0. The largest absolute Gasteiger partial charge is 0.481 e. The third kappa shape index (κ3) is 6.03. The first-order valence-corrected chi connectivity index (χ1v) is 7.09. The first-order valence-electron chi connectivity index (χ1n) is 7.09. The van der Waals surface area contributed by atoms with Crippen LogP contribution in [-0.2, 0) is 9.59 Å². The molecule has 1 amide bonds. The lowest BCUT2D eigenvalue weighted by atomic mass is 9.83. The smallest absolute Gasteiger partial charge is 0.303 e. The lowest BCUT2D eigenvalue weighted by Crippen LogP contribution is -2.31. The summed E-state index contributed by atoms with van der Waals surface area (Å²) in [6.45, 7) is 2.45. The molecule has 1 saturated carbocycles. The molecule has 0 spiro atoms. The topological polar surface area (TPSA) is 66.4 Å². The second-order valence-electron chi connectivity index (χ2n) is 5.43. The van der Waals surface area contributed by atoms with E-state index in [1.807, 2.05) is 6.92 Å². The number of rotatable bonds is 7. The summed E-state index contributed by atoms with van der Waals surface area (Å²) in [7, 11) is 0. The summed E-state index contributed by atoms with van der Waals surface area (Å²) in [5.41, 5.74) is 0. The zero-order valence-electron chi connectivity index (χ0n) is 11.3. The number of aliphatic carboxylic acids is 1. The summed E-state index contributed by atoms with van der Waals surface area (Å²) in [4.78, 5) is 22.1. The van der Waals surface area contributed by atoms with E-state index in [9.17, 15) is 9.59 Å². The molecule has 2 N–H and O–H groups in total. The van der Waals surface area contributed by atoms with Crippen LogP contribution in [0.25, 0.3) is 0 Å². The van der Waals surface area contributed by atoms with Gasteiger partial charge in [-0.1, -0.05) is 39.0 Å². The Morgan fingerprint density at radius 3 is 2.56 bits per heavy atom. The van der Waals surface area contributed by atoms with Gasteiger partial charge in [-0.15, -0.1) is 0 Å². The lowest BCUT2D eigenvalue weighted by molar-refractivity contribution is -0.137. The molecule has 0 aromatic rings. The standard InChI is InChI=1S/C14H25NO3/c1-11(10-12-6-3-2-4-7-12)14(18)15-9-5-8-13(16)17/h11-12H,2-10H2,1H3,(H,15,18)(H,16,17). The highest BCUT2D eigenvalue weighted by molar-refractivity contribution is 5.78. The molecule has 1 atom stereocenters. The number of carbonyl (C=O) groups excluding carboxylic acids is 1. The fourth-order valence-electron chi connectivity index (χ4n) is 2.66. The normalized spacial score (nSPS) is 18.3. The average Bonchev–Trinajstić information content (AvgIpc) is 2.35. The van der Waals surface area contributed by atoms with Crippen molar-refractivity contribution < 1.29 is 14.7 Å². The molecule has 0 aliphatic heterocycles. The zero-order valence-corrected chi connectivity index (χ0v) is 11.3. The number of carboxylic acid groups (broad SMARTS) is 1. The second kappa shape index (κ2) is 8.11. The Bertz CT molecular complexity index is 272. The van der Waals surface area contributed by atoms with Crippen molar-refractivity contribution in [2.24, 2.45) is 11.8 Å². The first kappa shape index (κ1) is 15.0. The van der Waals surface area contributed by atoms with Gasteiger partial charge >= 0.3 is 5.97 Å². The van der Waals surface area contributed by atoms with Gasteiger partial charge in [0, 0.05) is 18.9 Å². The van der Waals surface area contributed by atoms with E-state index >= 15 is 0 Å². The van der Waals surface area contributed by atoms with Gasteiger partial charge < -0.3 is 10.4 Å². The van der Waals surface area contributed by atoms with Gasteiger partial charge in [0.25, 0.3) is 0 Å². The molecule has 1 unspecified atom stereocenters. The minimum atomic E-state index is -0.806. The molecule has 1 aliphatic carbocycles. The molecule has 4 nitrogen and oxygen atoms in total. The third-order valence-corrected chi connectivity index (χ3v) is 3.73. The van der Waals surface area contributed by atoms with Gasteiger partial charge in [-0.05, 0) is 18.8 Å². The van der Waals surface area contributed by atoms with Crippen molar-refractivity contribution >= 4 is 11.9 Å². The van der Waals surface area contributed by atoms with Gasteiger partial charge in [-0.25, -0.2) is 0 Å². The molecule has 0 bridgehead atoms. The number of carbonyl (C=O) groups is 2. The van der Waals surface area contributed by atoms with E-state index in [2.05, 4.69) is 5.32 Å². The number of hydrogen-bond donors (Lipinski definition) is 2. The quantitative estimate of drug-likeness (QED) is 0.687. The number of amides is 1. The second-order valence-corrected chi connectivity index (χ2v) is 5.43. The van der Waals surface area contributed by atoms with Crippen LogP contribution in [0.4, 0.5) is 0 Å². The lowest BCUT2D eigenvalue weighted by Gasteiger charge is -2.24. The highest BCUT2D eigenvalue weighted by Gasteiger charge is 2.20. The maximum Gasteiger partial charge on any atom is 0.303 e. The summed E-state index contributed by atoms with van der Waals surface area (Å²) in [5, 5.41) is 11.3. The molecule has 0 aromatic heterocycles. The molecule has 0 saturated heterocycles. The number of carboxylic acids is 1. The SMILES string of the molecule is CC(CC1CCCCC1)C(=O)NCCCC(=O)O. The molecule has 1 aliphatic rings. The van der Waals surface area contributed by atoms with Crippen molar-refractivity contribution in [2.75, 3.05) is 6.54 Å². The molecule has 104 valence electrons. The summed E-state index contributed by atoms with van der Waals surface area (Å²) < 4.78 is 0. The van der Waals surface area contributed by atoms with Crippen molar-refractivity contribution in [3.63, 3.8) is 0 Å². The molecular formula is C14H25NO3. The van der Waals surface area contributed by atoms with Crippen LogP contribution in [0.5, 0.6) is 0 Å². The Balaban J connectivity index is 2.13. The predicted octanol–water partition coefficient (Wildman–Crippen LogP) is 2.57. The molecule has 4 heteroatoms. The van der Waals surface area contributed by atoms with Crippen molar-refractivity contribution in [3.05, 3.63) is 0 Å². The Kier molecular flexibility index (Phi) is 6.76. The van der Waals surface area contributed by atoms with Gasteiger partial charge in [0.15, 0.2) is 0 Å². The number of hydrogen-bond acceptors (Lipinski definition) is 2. The minimum Gasteiger partial charge on any atom is -0.481 e. The molecule has 0 heterocycles. The van der Waals surface area contributed by atoms with Crippen LogP contribution in [0.15, 0.2) is 0 Å². The Morgan fingerprint density at radius 1 is 1.28 bits per heavy atom. The van der Waals surface area contributed by atoms with E-state index in [1.54, 1.807) is 0 Å². The average molecular weight is 255 g/mol. The Labute approximate surface area is 109 Å². The van der Waals surface area contributed by atoms with E-state index in [-0.39, 0.29) is 18.2 Å². The fourth-order valence-corrected chi connectivity index (χ4v) is 2.66. The van der Waals surface area contributed by atoms with Crippen LogP contribution in [0.3, 0.4) is 0 Å². The van der Waals surface area contributed by atoms with E-state index in [0.717, 1.165) is 6.42 Å². The Morgan fingerprint density at radius 2 is 1.94 bits per heavy atom. The molecule has 1 rings (SSSR count). The Hall–Kier alpha value is -1.06. The molecule has 18 heavy (non-hydrogen) atoms. The summed E-state index contributed by atoms with van der Waals surface area (Å²) in [5.74, 6) is 0.0295. The van der Waals surface area contributed by atoms with Crippen LogP contribution >= 0.6 is 0 Å². The zero-order chi connectivity index (χ0) is 13.4. The van der Waals surface area contributed by atoms with E-state index in [0.29, 0.717) is 18.9 Å². The molecule has 0 aromatic carbocycles. The van der Waals surface area contributed by atoms with Crippen LogP contribution in [0.1, 0.15) is 58.3 Å². The van der Waals surface area contributed by atoms with Gasteiger partial charge in [0.1, 0.15) is 0 Å². The van der Waals surface area contributed by atoms with Crippen LogP contribution in [-0.4, -0.2) is 23.5 Å². The van der Waals surface area contributed by atoms with Crippen molar-refractivity contribution in [2.45, 2.75) is 58.3 Å². The number of nitrogens with one attached hydrogen (secondary N) is 1. The third-order valence-electron chi connectivity index (χ3n) is 3.73. The van der Waals surface area contributed by atoms with Gasteiger partial charge in [0.2, 0.25) is 5.91 Å². The predicted molar refractivity (Wildman–Crippen MR) is 70.2 cm³/mol. The van der Waals surface area contributed by atoms with Gasteiger partial charge in [-0.2, -0.15) is 0 Å². The van der Waals surface area contributed by atoms with Crippen LogP contribution in [0, 0.1) is 11.8 Å². The van der Waals surface area contributed by atoms with Crippen molar-refractivity contribution in [1.29, 1.82) is 0 Å².